The molecule has 0 atom stereocenters. The number of aromatic nitrogens is 2. The van der Waals surface area contributed by atoms with Gasteiger partial charge in [0.05, 0.1) is 0 Å². The van der Waals surface area contributed by atoms with E-state index in [-0.39, 0.29) is 12.4 Å². The van der Waals surface area contributed by atoms with Crippen molar-refractivity contribution in [1.29, 1.82) is 0 Å². The summed E-state index contributed by atoms with van der Waals surface area (Å²) in [5, 5.41) is 8.26. The van der Waals surface area contributed by atoms with Gasteiger partial charge in [0.15, 0.2) is 5.82 Å². The summed E-state index contributed by atoms with van der Waals surface area (Å²) in [6, 6.07) is 6.65. The number of benzene rings is 1. The third kappa shape index (κ3) is 3.40. The van der Waals surface area contributed by atoms with Crippen LogP contribution in [0.4, 0.5) is 4.79 Å². The molecule has 0 saturated carbocycles. The van der Waals surface area contributed by atoms with E-state index in [4.69, 9.17) is 0 Å². The lowest BCUT2D eigenvalue weighted by Gasteiger charge is -2.07. The van der Waals surface area contributed by atoms with E-state index in [1.165, 1.54) is 0 Å². The molecule has 3 amide bonds. The lowest BCUT2D eigenvalue weighted by atomic mass is 10.1. The largest absolute Gasteiger partial charge is 0.442 e. The van der Waals surface area contributed by atoms with Gasteiger partial charge >= 0.3 is 11.8 Å². The van der Waals surface area contributed by atoms with Gasteiger partial charge in [-0.15, -0.1) is 0 Å². The van der Waals surface area contributed by atoms with Crippen LogP contribution in [0.25, 0.3) is 11.4 Å². The molecule has 1 aromatic heterocycles. The Hall–Kier alpha value is -2.90. The number of hydrogen-bond acceptors (Lipinski definition) is 5. The molecule has 1 aromatic carbocycles. The van der Waals surface area contributed by atoms with Crippen molar-refractivity contribution in [3.63, 3.8) is 0 Å². The van der Waals surface area contributed by atoms with Gasteiger partial charge in [-0.3, -0.25) is 14.6 Å². The number of rotatable bonds is 4. The fourth-order valence-corrected chi connectivity index (χ4v) is 1.94. The second kappa shape index (κ2) is 6.70. The zero-order valence-corrected chi connectivity index (χ0v) is 12.3. The number of imide groups is 1. The van der Waals surface area contributed by atoms with Gasteiger partial charge < -0.3 is 5.32 Å². The van der Waals surface area contributed by atoms with E-state index in [1.807, 2.05) is 19.1 Å². The van der Waals surface area contributed by atoms with Crippen molar-refractivity contribution < 1.29 is 14.1 Å². The lowest BCUT2D eigenvalue weighted by Crippen LogP contribution is -2.41. The summed E-state index contributed by atoms with van der Waals surface area (Å²) in [5.74, 6) is -1.15. The van der Waals surface area contributed by atoms with E-state index in [0.29, 0.717) is 12.1 Å². The molecule has 0 radical (unpaired) electrons. The van der Waals surface area contributed by atoms with Crippen molar-refractivity contribution in [1.82, 2.24) is 20.4 Å². The van der Waals surface area contributed by atoms with Crippen LogP contribution in [0.2, 0.25) is 0 Å². The topological polar surface area (TPSA) is 106 Å². The molecule has 0 spiro atoms. The first-order valence-corrected chi connectivity index (χ1v) is 6.73. The Morgan fingerprint density at radius 1 is 1.32 bits per heavy atom. The van der Waals surface area contributed by atoms with Gasteiger partial charge in [-0.1, -0.05) is 29.4 Å². The molecule has 0 fully saturated rings. The summed E-state index contributed by atoms with van der Waals surface area (Å²) in [5.41, 5.74) is 1.56. The zero-order chi connectivity index (χ0) is 16.1. The van der Waals surface area contributed by atoms with E-state index < -0.39 is 17.7 Å². The lowest BCUT2D eigenvalue weighted by molar-refractivity contribution is -0.120. The van der Waals surface area contributed by atoms with Crippen molar-refractivity contribution >= 4 is 11.9 Å². The number of carbonyl (C=O) groups excluding carboxylic acids is 2. The third-order valence-electron chi connectivity index (χ3n) is 2.96. The Bertz CT molecular complexity index is 747. The van der Waals surface area contributed by atoms with Gasteiger partial charge in [0, 0.05) is 12.1 Å². The molecule has 0 aliphatic carbocycles. The zero-order valence-electron chi connectivity index (χ0n) is 12.3. The molecular formula is C14H16N4O4. The van der Waals surface area contributed by atoms with Crippen molar-refractivity contribution in [3.05, 3.63) is 40.4 Å². The minimum atomic E-state index is -0.760. The fraction of sp³-hybridized carbons (Fsp3) is 0.286. The smallest absolute Gasteiger partial charge is 0.338 e. The molecule has 8 nitrogen and oxygen atoms in total. The molecule has 2 N–H and O–H groups in total. The van der Waals surface area contributed by atoms with Crippen LogP contribution in [0.15, 0.2) is 33.6 Å². The maximum atomic E-state index is 11.8. The average Bonchev–Trinajstić information content (AvgIpc) is 2.81. The van der Waals surface area contributed by atoms with E-state index in [1.54, 1.807) is 19.1 Å². The van der Waals surface area contributed by atoms with Gasteiger partial charge in [0.25, 0.3) is 0 Å². The van der Waals surface area contributed by atoms with Crippen molar-refractivity contribution in [2.45, 2.75) is 20.4 Å². The highest BCUT2D eigenvalue weighted by Crippen LogP contribution is 2.19. The Morgan fingerprint density at radius 2 is 2.05 bits per heavy atom. The summed E-state index contributed by atoms with van der Waals surface area (Å²) in [6.07, 6.45) is 0. The Kier molecular flexibility index (Phi) is 4.72. The molecule has 0 bridgehead atoms. The van der Waals surface area contributed by atoms with Crippen LogP contribution >= 0.6 is 0 Å². The minimum absolute atomic E-state index is 0.245. The molecule has 2 rings (SSSR count). The Morgan fingerprint density at radius 3 is 2.73 bits per heavy atom. The predicted molar refractivity (Wildman–Crippen MR) is 78.2 cm³/mol. The third-order valence-corrected chi connectivity index (χ3v) is 2.96. The summed E-state index contributed by atoms with van der Waals surface area (Å²) in [6.45, 7) is 3.61. The molecule has 0 unspecified atom stereocenters. The number of hydrogen-bond donors (Lipinski definition) is 2. The molecule has 0 aliphatic rings. The highest BCUT2D eigenvalue weighted by atomic mass is 16.5. The highest BCUT2D eigenvalue weighted by Gasteiger charge is 2.18. The molecule has 8 heteroatoms. The van der Waals surface area contributed by atoms with Crippen LogP contribution in [0.1, 0.15) is 12.5 Å². The van der Waals surface area contributed by atoms with Crippen LogP contribution in [0.5, 0.6) is 0 Å². The second-order valence-corrected chi connectivity index (χ2v) is 4.58. The van der Waals surface area contributed by atoms with Crippen LogP contribution in [-0.2, 0) is 11.3 Å². The molecule has 2 aromatic rings. The fourth-order valence-electron chi connectivity index (χ4n) is 1.94. The maximum absolute atomic E-state index is 11.8. The summed E-state index contributed by atoms with van der Waals surface area (Å²) < 4.78 is 5.72. The number of aryl methyl sites for hydroxylation is 1. The van der Waals surface area contributed by atoms with Gasteiger partial charge in [-0.05, 0) is 19.4 Å². The standard InChI is InChI=1S/C14H16N4O4/c1-3-15-13(20)16-11(19)8-18-12(17-22-14(18)21)10-7-5-4-6-9(10)2/h4-7H,3,8H2,1-2H3,(H2,15,16,19,20). The van der Waals surface area contributed by atoms with E-state index in [2.05, 4.69) is 20.3 Å². The minimum Gasteiger partial charge on any atom is -0.338 e. The van der Waals surface area contributed by atoms with E-state index in [0.717, 1.165) is 10.1 Å². The monoisotopic (exact) mass is 304 g/mol. The predicted octanol–water partition coefficient (Wildman–Crippen LogP) is 0.657. The quantitative estimate of drug-likeness (QED) is 0.863. The summed E-state index contributed by atoms with van der Waals surface area (Å²) >= 11 is 0. The molecule has 1 heterocycles. The van der Waals surface area contributed by atoms with Crippen molar-refractivity contribution in [2.24, 2.45) is 0 Å². The van der Waals surface area contributed by atoms with Crippen molar-refractivity contribution in [2.75, 3.05) is 6.54 Å². The van der Waals surface area contributed by atoms with Crippen LogP contribution < -0.4 is 16.4 Å². The maximum Gasteiger partial charge on any atom is 0.442 e. The van der Waals surface area contributed by atoms with Gasteiger partial charge in [-0.2, -0.15) is 0 Å². The first-order chi connectivity index (χ1) is 10.5. The van der Waals surface area contributed by atoms with Gasteiger partial charge in [0.1, 0.15) is 6.54 Å². The average molecular weight is 304 g/mol. The van der Waals surface area contributed by atoms with Gasteiger partial charge in [-0.25, -0.2) is 14.2 Å². The van der Waals surface area contributed by atoms with Crippen LogP contribution in [0.3, 0.4) is 0 Å². The van der Waals surface area contributed by atoms with E-state index in [9.17, 15) is 14.4 Å². The van der Waals surface area contributed by atoms with Gasteiger partial charge in [0.2, 0.25) is 5.91 Å². The van der Waals surface area contributed by atoms with E-state index >= 15 is 0 Å². The molecular weight excluding hydrogens is 288 g/mol. The number of carbonyl (C=O) groups is 2. The van der Waals surface area contributed by atoms with Crippen molar-refractivity contribution in [3.8, 4) is 11.4 Å². The number of amides is 3. The Balaban J connectivity index is 2.24. The SMILES string of the molecule is CCNC(=O)NC(=O)Cn1c(-c2ccccc2C)noc1=O. The molecule has 0 saturated heterocycles. The number of nitrogens with one attached hydrogen (secondary N) is 2. The number of nitrogens with zero attached hydrogens (tertiary/aromatic N) is 2. The molecule has 0 aliphatic heterocycles. The first kappa shape index (κ1) is 15.5. The second-order valence-electron chi connectivity index (χ2n) is 4.58. The summed E-state index contributed by atoms with van der Waals surface area (Å²) in [4.78, 5) is 34.8. The Labute approximate surface area is 126 Å². The van der Waals surface area contributed by atoms with Crippen LogP contribution in [-0.4, -0.2) is 28.2 Å². The normalized spacial score (nSPS) is 10.3. The molecule has 116 valence electrons. The summed E-state index contributed by atoms with van der Waals surface area (Å²) in [7, 11) is 0. The number of urea groups is 1. The first-order valence-electron chi connectivity index (χ1n) is 6.73. The molecule has 22 heavy (non-hydrogen) atoms. The van der Waals surface area contributed by atoms with Crippen LogP contribution in [0, 0.1) is 6.92 Å². The highest BCUT2D eigenvalue weighted by molar-refractivity contribution is 5.94.